The minimum absolute atomic E-state index is 0.396. The Morgan fingerprint density at radius 2 is 2.00 bits per heavy atom. The lowest BCUT2D eigenvalue weighted by Gasteiger charge is -2.40. The molecule has 1 N–H and O–H groups in total. The monoisotopic (exact) mass is 219 g/mol. The molecule has 0 bridgehead atoms. The standard InChI is InChI=1S/C14H21NO/c1-12(13-7-4-3-5-8-13)15-10-6-9-14(2,16)11-15/h3-5,7-8,12,16H,6,9-11H2,1-2H3. The molecule has 0 radical (unpaired) electrons. The number of aliphatic hydroxyl groups is 1. The van der Waals surface area contributed by atoms with E-state index in [1.54, 1.807) is 0 Å². The average molecular weight is 219 g/mol. The summed E-state index contributed by atoms with van der Waals surface area (Å²) in [5.41, 5.74) is 0.821. The van der Waals surface area contributed by atoms with Gasteiger partial charge in [0.2, 0.25) is 0 Å². The van der Waals surface area contributed by atoms with E-state index in [1.807, 2.05) is 13.0 Å². The molecule has 1 aromatic carbocycles. The summed E-state index contributed by atoms with van der Waals surface area (Å²) in [5.74, 6) is 0. The first kappa shape index (κ1) is 11.6. The highest BCUT2D eigenvalue weighted by atomic mass is 16.3. The van der Waals surface area contributed by atoms with Gasteiger partial charge in [-0.05, 0) is 38.8 Å². The number of nitrogens with zero attached hydrogens (tertiary/aromatic N) is 1. The van der Waals surface area contributed by atoms with Gasteiger partial charge in [0, 0.05) is 12.6 Å². The van der Waals surface area contributed by atoms with Gasteiger partial charge < -0.3 is 5.11 Å². The fraction of sp³-hybridized carbons (Fsp3) is 0.571. The predicted molar refractivity (Wildman–Crippen MR) is 66.3 cm³/mol. The summed E-state index contributed by atoms with van der Waals surface area (Å²) in [6, 6.07) is 10.9. The molecule has 1 aliphatic heterocycles. The molecule has 2 heteroatoms. The van der Waals surface area contributed by atoms with Crippen LogP contribution in [0.15, 0.2) is 30.3 Å². The Balaban J connectivity index is 2.08. The van der Waals surface area contributed by atoms with Crippen molar-refractivity contribution in [3.8, 4) is 0 Å². The normalized spacial score (nSPS) is 28.9. The maximum Gasteiger partial charge on any atom is 0.0746 e. The van der Waals surface area contributed by atoms with Gasteiger partial charge in [-0.1, -0.05) is 30.3 Å². The Hall–Kier alpha value is -0.860. The average Bonchev–Trinajstić information content (AvgIpc) is 2.28. The van der Waals surface area contributed by atoms with Crippen molar-refractivity contribution in [1.29, 1.82) is 0 Å². The molecule has 0 saturated carbocycles. The van der Waals surface area contributed by atoms with Gasteiger partial charge in [0.1, 0.15) is 0 Å². The van der Waals surface area contributed by atoms with Crippen molar-refractivity contribution in [2.45, 2.75) is 38.3 Å². The summed E-state index contributed by atoms with van der Waals surface area (Å²) >= 11 is 0. The van der Waals surface area contributed by atoms with E-state index in [0.29, 0.717) is 6.04 Å². The SMILES string of the molecule is CC(c1ccccc1)N1CCCC(C)(O)C1. The first-order chi connectivity index (χ1) is 7.58. The Labute approximate surface area is 97.9 Å². The number of rotatable bonds is 2. The van der Waals surface area contributed by atoms with E-state index in [0.717, 1.165) is 25.9 Å². The molecular formula is C14H21NO. The van der Waals surface area contributed by atoms with Gasteiger partial charge in [0.15, 0.2) is 0 Å². The van der Waals surface area contributed by atoms with Crippen LogP contribution in [0.1, 0.15) is 38.3 Å². The Kier molecular flexibility index (Phi) is 3.31. The second kappa shape index (κ2) is 4.56. The van der Waals surface area contributed by atoms with Crippen molar-refractivity contribution in [2.24, 2.45) is 0 Å². The topological polar surface area (TPSA) is 23.5 Å². The second-order valence-electron chi connectivity index (χ2n) is 5.16. The minimum Gasteiger partial charge on any atom is -0.389 e. The zero-order valence-electron chi connectivity index (χ0n) is 10.2. The number of β-amino-alcohol motifs (C(OH)–C–C–N with tert-alkyl or cyclic N) is 1. The quantitative estimate of drug-likeness (QED) is 0.826. The van der Waals surface area contributed by atoms with Crippen LogP contribution >= 0.6 is 0 Å². The predicted octanol–water partition coefficient (Wildman–Crippen LogP) is 2.59. The lowest BCUT2D eigenvalue weighted by molar-refractivity contribution is -0.0280. The van der Waals surface area contributed by atoms with Gasteiger partial charge in [-0.3, -0.25) is 4.90 Å². The fourth-order valence-electron chi connectivity index (χ4n) is 2.53. The van der Waals surface area contributed by atoms with Gasteiger partial charge in [-0.2, -0.15) is 0 Å². The molecule has 1 aromatic rings. The van der Waals surface area contributed by atoms with Gasteiger partial charge in [-0.25, -0.2) is 0 Å². The summed E-state index contributed by atoms with van der Waals surface area (Å²) in [4.78, 5) is 2.37. The largest absolute Gasteiger partial charge is 0.389 e. The van der Waals surface area contributed by atoms with E-state index in [-0.39, 0.29) is 0 Å². The molecule has 2 nitrogen and oxygen atoms in total. The van der Waals surface area contributed by atoms with E-state index in [9.17, 15) is 5.11 Å². The first-order valence-corrected chi connectivity index (χ1v) is 6.10. The third-order valence-corrected chi connectivity index (χ3v) is 3.53. The molecule has 0 aromatic heterocycles. The van der Waals surface area contributed by atoms with Crippen LogP contribution in [-0.4, -0.2) is 28.7 Å². The molecule has 1 fully saturated rings. The zero-order chi connectivity index (χ0) is 11.6. The summed E-state index contributed by atoms with van der Waals surface area (Å²) in [6.07, 6.45) is 2.01. The first-order valence-electron chi connectivity index (χ1n) is 6.10. The van der Waals surface area contributed by atoms with Crippen molar-refractivity contribution in [3.05, 3.63) is 35.9 Å². The molecule has 1 heterocycles. The maximum atomic E-state index is 10.1. The van der Waals surface area contributed by atoms with Crippen molar-refractivity contribution in [3.63, 3.8) is 0 Å². The summed E-state index contributed by atoms with van der Waals surface area (Å²) in [5, 5.41) is 10.1. The van der Waals surface area contributed by atoms with E-state index >= 15 is 0 Å². The molecule has 0 spiro atoms. The van der Waals surface area contributed by atoms with E-state index in [1.165, 1.54) is 5.56 Å². The van der Waals surface area contributed by atoms with Crippen LogP contribution in [0.4, 0.5) is 0 Å². The van der Waals surface area contributed by atoms with Gasteiger partial charge in [0.25, 0.3) is 0 Å². The number of likely N-dealkylation sites (tertiary alicyclic amines) is 1. The van der Waals surface area contributed by atoms with Crippen LogP contribution < -0.4 is 0 Å². The number of piperidine rings is 1. The molecule has 0 amide bonds. The Bertz CT molecular complexity index is 334. The maximum absolute atomic E-state index is 10.1. The van der Waals surface area contributed by atoms with Crippen molar-refractivity contribution in [1.82, 2.24) is 4.90 Å². The van der Waals surface area contributed by atoms with E-state index < -0.39 is 5.60 Å². The van der Waals surface area contributed by atoms with E-state index in [2.05, 4.69) is 36.1 Å². The van der Waals surface area contributed by atoms with Crippen LogP contribution in [0, 0.1) is 0 Å². The highest BCUT2D eigenvalue weighted by molar-refractivity contribution is 5.18. The molecular weight excluding hydrogens is 198 g/mol. The molecule has 1 aliphatic rings. The number of hydrogen-bond donors (Lipinski definition) is 1. The van der Waals surface area contributed by atoms with Gasteiger partial charge >= 0.3 is 0 Å². The summed E-state index contributed by atoms with van der Waals surface area (Å²) in [7, 11) is 0. The van der Waals surface area contributed by atoms with Crippen molar-refractivity contribution >= 4 is 0 Å². The van der Waals surface area contributed by atoms with E-state index in [4.69, 9.17) is 0 Å². The van der Waals surface area contributed by atoms with Crippen LogP contribution in [-0.2, 0) is 0 Å². The Morgan fingerprint density at radius 3 is 2.62 bits per heavy atom. The van der Waals surface area contributed by atoms with Crippen LogP contribution in [0.25, 0.3) is 0 Å². The van der Waals surface area contributed by atoms with Crippen LogP contribution in [0.2, 0.25) is 0 Å². The molecule has 2 unspecified atom stereocenters. The smallest absolute Gasteiger partial charge is 0.0746 e. The summed E-state index contributed by atoms with van der Waals surface area (Å²) < 4.78 is 0. The lowest BCUT2D eigenvalue weighted by atomic mass is 9.93. The van der Waals surface area contributed by atoms with Crippen LogP contribution in [0.3, 0.4) is 0 Å². The zero-order valence-corrected chi connectivity index (χ0v) is 10.2. The van der Waals surface area contributed by atoms with Gasteiger partial charge in [-0.15, -0.1) is 0 Å². The second-order valence-corrected chi connectivity index (χ2v) is 5.16. The molecule has 2 rings (SSSR count). The highest BCUT2D eigenvalue weighted by Gasteiger charge is 2.30. The Morgan fingerprint density at radius 1 is 1.31 bits per heavy atom. The number of hydrogen-bond acceptors (Lipinski definition) is 2. The van der Waals surface area contributed by atoms with Crippen LogP contribution in [0.5, 0.6) is 0 Å². The third-order valence-electron chi connectivity index (χ3n) is 3.53. The van der Waals surface area contributed by atoms with Crippen molar-refractivity contribution in [2.75, 3.05) is 13.1 Å². The number of benzene rings is 1. The summed E-state index contributed by atoms with van der Waals surface area (Å²) in [6.45, 7) is 6.03. The van der Waals surface area contributed by atoms with Crippen molar-refractivity contribution < 1.29 is 5.11 Å². The highest BCUT2D eigenvalue weighted by Crippen LogP contribution is 2.28. The molecule has 16 heavy (non-hydrogen) atoms. The lowest BCUT2D eigenvalue weighted by Crippen LogP contribution is -2.46. The minimum atomic E-state index is -0.513. The fourth-order valence-corrected chi connectivity index (χ4v) is 2.53. The molecule has 88 valence electrons. The molecule has 1 saturated heterocycles. The third kappa shape index (κ3) is 2.63. The van der Waals surface area contributed by atoms with Gasteiger partial charge in [0.05, 0.1) is 5.60 Å². The molecule has 2 atom stereocenters. The molecule has 0 aliphatic carbocycles.